The van der Waals surface area contributed by atoms with Crippen LogP contribution in [0.1, 0.15) is 26.3 Å². The topological polar surface area (TPSA) is 76.4 Å². The number of nitriles is 1. The number of methoxy groups -OCH3 is 2. The summed E-state index contributed by atoms with van der Waals surface area (Å²) < 4.78 is 9.42. The molecule has 5 heteroatoms. The minimum Gasteiger partial charge on any atom is -0.496 e. The first kappa shape index (κ1) is 11.7. The van der Waals surface area contributed by atoms with Crippen LogP contribution < -0.4 is 4.74 Å². The summed E-state index contributed by atoms with van der Waals surface area (Å²) in [4.78, 5) is 22.1. The molecule has 0 fully saturated rings. The van der Waals surface area contributed by atoms with Gasteiger partial charge in [0.05, 0.1) is 30.9 Å². The molecule has 0 bridgehead atoms. The van der Waals surface area contributed by atoms with Gasteiger partial charge in [0.1, 0.15) is 11.8 Å². The van der Waals surface area contributed by atoms with Crippen molar-refractivity contribution in [3.8, 4) is 11.8 Å². The van der Waals surface area contributed by atoms with Gasteiger partial charge in [-0.25, -0.2) is 4.79 Å². The van der Waals surface area contributed by atoms with Crippen molar-refractivity contribution in [2.24, 2.45) is 0 Å². The molecule has 0 saturated carbocycles. The zero-order valence-electron chi connectivity index (χ0n) is 8.81. The van der Waals surface area contributed by atoms with E-state index in [0.717, 1.165) is 0 Å². The van der Waals surface area contributed by atoms with Gasteiger partial charge >= 0.3 is 5.97 Å². The van der Waals surface area contributed by atoms with Crippen LogP contribution in [-0.2, 0) is 4.74 Å². The van der Waals surface area contributed by atoms with Crippen molar-refractivity contribution in [2.45, 2.75) is 0 Å². The molecule has 0 atom stereocenters. The van der Waals surface area contributed by atoms with Crippen LogP contribution >= 0.6 is 0 Å². The normalized spacial score (nSPS) is 9.06. The molecular formula is C11H9NO4. The Kier molecular flexibility index (Phi) is 3.62. The lowest BCUT2D eigenvalue weighted by molar-refractivity contribution is 0.0600. The standard InChI is InChI=1S/C11H9NO4/c1-15-10-4-7(5-12)9(11(14)16-2)3-8(10)6-13/h3-4,6H,1-2H3. The van der Waals surface area contributed by atoms with Crippen LogP contribution in [0.3, 0.4) is 0 Å². The molecule has 82 valence electrons. The third kappa shape index (κ3) is 2.01. The number of benzene rings is 1. The number of carbonyl (C=O) groups is 2. The molecule has 0 heterocycles. The number of esters is 1. The van der Waals surface area contributed by atoms with Gasteiger partial charge in [0.2, 0.25) is 0 Å². The summed E-state index contributed by atoms with van der Waals surface area (Å²) in [5.41, 5.74) is 0.351. The summed E-state index contributed by atoms with van der Waals surface area (Å²) >= 11 is 0. The van der Waals surface area contributed by atoms with E-state index in [0.29, 0.717) is 6.29 Å². The fourth-order valence-corrected chi connectivity index (χ4v) is 1.24. The number of ether oxygens (including phenoxy) is 2. The van der Waals surface area contributed by atoms with Gasteiger partial charge in [-0.2, -0.15) is 5.26 Å². The first-order valence-electron chi connectivity index (χ1n) is 4.33. The van der Waals surface area contributed by atoms with Crippen LogP contribution in [0.5, 0.6) is 5.75 Å². The fourth-order valence-electron chi connectivity index (χ4n) is 1.24. The maximum Gasteiger partial charge on any atom is 0.339 e. The average Bonchev–Trinajstić information content (AvgIpc) is 2.35. The highest BCUT2D eigenvalue weighted by Crippen LogP contribution is 2.22. The zero-order chi connectivity index (χ0) is 12.1. The first-order chi connectivity index (χ1) is 7.67. The van der Waals surface area contributed by atoms with E-state index in [1.807, 2.05) is 6.07 Å². The van der Waals surface area contributed by atoms with E-state index in [9.17, 15) is 9.59 Å². The average molecular weight is 219 g/mol. The second kappa shape index (κ2) is 4.94. The molecule has 0 saturated heterocycles. The predicted octanol–water partition coefficient (Wildman–Crippen LogP) is 1.17. The third-order valence-corrected chi connectivity index (χ3v) is 2.02. The summed E-state index contributed by atoms with van der Waals surface area (Å²) in [6.07, 6.45) is 0.548. The Morgan fingerprint density at radius 1 is 1.44 bits per heavy atom. The minimum atomic E-state index is -0.665. The molecule has 0 radical (unpaired) electrons. The Hall–Kier alpha value is -2.35. The smallest absolute Gasteiger partial charge is 0.339 e. The van der Waals surface area contributed by atoms with Crippen LogP contribution in [-0.4, -0.2) is 26.5 Å². The van der Waals surface area contributed by atoms with E-state index in [-0.39, 0.29) is 22.4 Å². The van der Waals surface area contributed by atoms with Gasteiger partial charge in [0.15, 0.2) is 6.29 Å². The SMILES string of the molecule is COC(=O)c1cc(C=O)c(OC)cc1C#N. The summed E-state index contributed by atoms with van der Waals surface area (Å²) in [7, 11) is 2.58. The molecule has 1 aromatic carbocycles. The molecule has 0 spiro atoms. The molecule has 0 amide bonds. The zero-order valence-corrected chi connectivity index (χ0v) is 8.81. The van der Waals surface area contributed by atoms with E-state index in [1.165, 1.54) is 26.4 Å². The van der Waals surface area contributed by atoms with E-state index < -0.39 is 5.97 Å². The molecule has 1 aromatic rings. The molecule has 0 aliphatic carbocycles. The van der Waals surface area contributed by atoms with Gasteiger partial charge < -0.3 is 9.47 Å². The lowest BCUT2D eigenvalue weighted by Gasteiger charge is -2.07. The van der Waals surface area contributed by atoms with Crippen molar-refractivity contribution < 1.29 is 19.1 Å². The molecule has 0 aliphatic heterocycles. The van der Waals surface area contributed by atoms with Gasteiger partial charge in [0.25, 0.3) is 0 Å². The Balaban J connectivity index is 3.44. The second-order valence-electron chi connectivity index (χ2n) is 2.86. The Morgan fingerprint density at radius 2 is 2.12 bits per heavy atom. The molecule has 0 unspecified atom stereocenters. The predicted molar refractivity (Wildman–Crippen MR) is 54.4 cm³/mol. The molecule has 0 aromatic heterocycles. The van der Waals surface area contributed by atoms with E-state index in [4.69, 9.17) is 10.00 Å². The minimum absolute atomic E-state index is 0.0490. The van der Waals surface area contributed by atoms with Gasteiger partial charge in [0, 0.05) is 0 Å². The molecule has 0 N–H and O–H groups in total. The molecule has 5 nitrogen and oxygen atoms in total. The maximum absolute atomic E-state index is 11.3. The number of rotatable bonds is 3. The van der Waals surface area contributed by atoms with Crippen molar-refractivity contribution in [3.05, 3.63) is 28.8 Å². The lowest BCUT2D eigenvalue weighted by Crippen LogP contribution is -2.06. The van der Waals surface area contributed by atoms with Crippen molar-refractivity contribution >= 4 is 12.3 Å². The third-order valence-electron chi connectivity index (χ3n) is 2.02. The van der Waals surface area contributed by atoms with E-state index in [1.54, 1.807) is 0 Å². The number of carbonyl (C=O) groups excluding carboxylic acids is 2. The van der Waals surface area contributed by atoms with Gasteiger partial charge in [-0.3, -0.25) is 4.79 Å². The number of nitrogens with zero attached hydrogens (tertiary/aromatic N) is 1. The maximum atomic E-state index is 11.3. The monoisotopic (exact) mass is 219 g/mol. The van der Waals surface area contributed by atoms with Gasteiger partial charge in [-0.05, 0) is 12.1 Å². The first-order valence-corrected chi connectivity index (χ1v) is 4.33. The lowest BCUT2D eigenvalue weighted by atomic mass is 10.0. The molecule has 1 rings (SSSR count). The highest BCUT2D eigenvalue weighted by atomic mass is 16.5. The van der Waals surface area contributed by atoms with Crippen molar-refractivity contribution in [1.82, 2.24) is 0 Å². The van der Waals surface area contributed by atoms with Crippen molar-refractivity contribution in [3.63, 3.8) is 0 Å². The second-order valence-corrected chi connectivity index (χ2v) is 2.86. The van der Waals surface area contributed by atoms with Gasteiger partial charge in [-0.1, -0.05) is 0 Å². The van der Waals surface area contributed by atoms with Crippen molar-refractivity contribution in [2.75, 3.05) is 14.2 Å². The molecular weight excluding hydrogens is 210 g/mol. The molecule has 16 heavy (non-hydrogen) atoms. The van der Waals surface area contributed by atoms with Crippen LogP contribution in [0.4, 0.5) is 0 Å². The Bertz CT molecular complexity index is 474. The van der Waals surface area contributed by atoms with Crippen LogP contribution in [0.2, 0.25) is 0 Å². The van der Waals surface area contributed by atoms with Crippen LogP contribution in [0.15, 0.2) is 12.1 Å². The number of hydrogen-bond donors (Lipinski definition) is 0. The Labute approximate surface area is 92.2 Å². The van der Waals surface area contributed by atoms with Crippen LogP contribution in [0.25, 0.3) is 0 Å². The van der Waals surface area contributed by atoms with Crippen molar-refractivity contribution in [1.29, 1.82) is 5.26 Å². The highest BCUT2D eigenvalue weighted by Gasteiger charge is 2.16. The summed E-state index contributed by atoms with van der Waals surface area (Å²) in [5, 5.41) is 8.84. The van der Waals surface area contributed by atoms with Gasteiger partial charge in [-0.15, -0.1) is 0 Å². The quantitative estimate of drug-likeness (QED) is 0.563. The summed E-state index contributed by atoms with van der Waals surface area (Å²) in [5.74, 6) is -0.415. The largest absolute Gasteiger partial charge is 0.496 e. The summed E-state index contributed by atoms with van der Waals surface area (Å²) in [6.45, 7) is 0. The summed E-state index contributed by atoms with van der Waals surface area (Å²) in [6, 6.07) is 4.44. The number of hydrogen-bond acceptors (Lipinski definition) is 5. The Morgan fingerprint density at radius 3 is 2.56 bits per heavy atom. The van der Waals surface area contributed by atoms with Crippen LogP contribution in [0, 0.1) is 11.3 Å². The number of aldehydes is 1. The van der Waals surface area contributed by atoms with E-state index >= 15 is 0 Å². The highest BCUT2D eigenvalue weighted by molar-refractivity contribution is 5.95. The van der Waals surface area contributed by atoms with E-state index in [2.05, 4.69) is 4.74 Å². The molecule has 0 aliphatic rings. The fraction of sp³-hybridized carbons (Fsp3) is 0.182.